The highest BCUT2D eigenvalue weighted by molar-refractivity contribution is 6.33. The highest BCUT2D eigenvalue weighted by Crippen LogP contribution is 2.35. The molecule has 1 saturated heterocycles. The summed E-state index contributed by atoms with van der Waals surface area (Å²) < 4.78 is 5.10. The van der Waals surface area contributed by atoms with Gasteiger partial charge in [-0.25, -0.2) is 4.90 Å². The molecular formula is C20H18ClN5O4. The van der Waals surface area contributed by atoms with Crippen LogP contribution in [0.2, 0.25) is 5.02 Å². The van der Waals surface area contributed by atoms with E-state index in [1.54, 1.807) is 12.1 Å². The topological polar surface area (TPSA) is 104 Å². The fraction of sp³-hybridized carbons (Fsp3) is 0.250. The summed E-state index contributed by atoms with van der Waals surface area (Å²) in [6.45, 7) is 0.163. The number of nitrogens with zero attached hydrogens (tertiary/aromatic N) is 4. The fourth-order valence-electron chi connectivity index (χ4n) is 3.40. The van der Waals surface area contributed by atoms with E-state index in [1.165, 1.54) is 18.2 Å². The molecule has 2 aliphatic heterocycles. The highest BCUT2D eigenvalue weighted by Gasteiger charge is 2.55. The first kappa shape index (κ1) is 19.8. The van der Waals surface area contributed by atoms with Gasteiger partial charge in [0.15, 0.2) is 12.1 Å². The lowest BCUT2D eigenvalue weighted by atomic mass is 10.1. The van der Waals surface area contributed by atoms with Crippen molar-refractivity contribution in [3.8, 4) is 5.75 Å². The van der Waals surface area contributed by atoms with Crippen LogP contribution in [0.1, 0.15) is 5.56 Å². The first-order valence-corrected chi connectivity index (χ1v) is 9.57. The minimum Gasteiger partial charge on any atom is -0.495 e. The Hall–Kier alpha value is -3.46. The van der Waals surface area contributed by atoms with E-state index in [-0.39, 0.29) is 17.5 Å². The Morgan fingerprint density at radius 1 is 1.17 bits per heavy atom. The van der Waals surface area contributed by atoms with Crippen LogP contribution in [0.5, 0.6) is 5.75 Å². The van der Waals surface area contributed by atoms with Gasteiger partial charge in [0.1, 0.15) is 12.3 Å². The number of ether oxygens (including phenoxy) is 1. The van der Waals surface area contributed by atoms with Gasteiger partial charge in [0.25, 0.3) is 11.8 Å². The number of benzene rings is 2. The summed E-state index contributed by atoms with van der Waals surface area (Å²) >= 11 is 6.13. The van der Waals surface area contributed by atoms with E-state index in [9.17, 15) is 14.4 Å². The van der Waals surface area contributed by atoms with Crippen molar-refractivity contribution >= 4 is 35.0 Å². The third-order valence-electron chi connectivity index (χ3n) is 4.89. The molecule has 0 aromatic heterocycles. The second-order valence-corrected chi connectivity index (χ2v) is 7.19. The molecule has 1 N–H and O–H groups in total. The van der Waals surface area contributed by atoms with E-state index >= 15 is 0 Å². The number of hydrogen-bond acceptors (Lipinski definition) is 7. The van der Waals surface area contributed by atoms with Crippen LogP contribution >= 0.6 is 11.6 Å². The zero-order valence-corrected chi connectivity index (χ0v) is 16.7. The first-order valence-electron chi connectivity index (χ1n) is 9.19. The third-order valence-corrected chi connectivity index (χ3v) is 5.18. The number of carbonyl (C=O) groups is 3. The number of amides is 3. The first-order chi connectivity index (χ1) is 14.5. The van der Waals surface area contributed by atoms with Crippen molar-refractivity contribution in [1.82, 2.24) is 10.3 Å². The second kappa shape index (κ2) is 8.11. The number of anilines is 1. The van der Waals surface area contributed by atoms with Crippen molar-refractivity contribution in [3.63, 3.8) is 0 Å². The standard InChI is InChI=1S/C20H18ClN5O4/c1-30-15-8-7-13(9-14(15)21)26-19(28)17-18(20(26)29)25(24-23-17)11-16(27)22-10-12-5-3-2-4-6-12/h2-9,17-18H,10-11H2,1H3,(H,22,27). The molecule has 0 bridgehead atoms. The van der Waals surface area contributed by atoms with Gasteiger partial charge in [0, 0.05) is 6.54 Å². The normalized spacial score (nSPS) is 19.9. The molecule has 0 aliphatic carbocycles. The molecular weight excluding hydrogens is 410 g/mol. The van der Waals surface area contributed by atoms with Crippen LogP contribution in [0.3, 0.4) is 0 Å². The van der Waals surface area contributed by atoms with Crippen molar-refractivity contribution in [2.24, 2.45) is 10.3 Å². The summed E-state index contributed by atoms with van der Waals surface area (Å²) in [6.07, 6.45) is 0. The number of halogens is 1. The van der Waals surface area contributed by atoms with Crippen LogP contribution in [0.15, 0.2) is 58.9 Å². The number of hydrogen-bond donors (Lipinski definition) is 1. The Labute approximate surface area is 177 Å². The van der Waals surface area contributed by atoms with Crippen molar-refractivity contribution in [2.75, 3.05) is 18.6 Å². The average Bonchev–Trinajstić information content (AvgIpc) is 3.27. The van der Waals surface area contributed by atoms with Crippen LogP contribution in [-0.4, -0.2) is 48.5 Å². The van der Waals surface area contributed by atoms with E-state index in [1.807, 2.05) is 30.3 Å². The summed E-state index contributed by atoms with van der Waals surface area (Å²) in [7, 11) is 1.47. The Bertz CT molecular complexity index is 1030. The second-order valence-electron chi connectivity index (χ2n) is 6.79. The summed E-state index contributed by atoms with van der Waals surface area (Å²) in [4.78, 5) is 39.1. The average molecular weight is 428 g/mol. The van der Waals surface area contributed by atoms with Crippen molar-refractivity contribution in [3.05, 3.63) is 59.1 Å². The molecule has 2 heterocycles. The molecule has 2 aromatic carbocycles. The SMILES string of the molecule is COc1ccc(N2C(=O)C3N=NN(CC(=O)NCc4ccccc4)C3C2=O)cc1Cl. The van der Waals surface area contributed by atoms with Gasteiger partial charge in [-0.2, -0.15) is 5.11 Å². The lowest BCUT2D eigenvalue weighted by Gasteiger charge is -2.20. The minimum absolute atomic E-state index is 0.187. The highest BCUT2D eigenvalue weighted by atomic mass is 35.5. The Balaban J connectivity index is 1.45. The summed E-state index contributed by atoms with van der Waals surface area (Å²) in [5.41, 5.74) is 1.26. The largest absolute Gasteiger partial charge is 0.495 e. The van der Waals surface area contributed by atoms with Gasteiger partial charge in [-0.05, 0) is 23.8 Å². The summed E-state index contributed by atoms with van der Waals surface area (Å²) in [5.74, 6) is -0.921. The van der Waals surface area contributed by atoms with Gasteiger partial charge in [-0.15, -0.1) is 0 Å². The molecule has 2 unspecified atom stereocenters. The van der Waals surface area contributed by atoms with Gasteiger partial charge in [-0.3, -0.25) is 19.4 Å². The predicted octanol–water partition coefficient (Wildman–Crippen LogP) is 1.96. The molecule has 0 radical (unpaired) electrons. The zero-order chi connectivity index (χ0) is 21.3. The van der Waals surface area contributed by atoms with Crippen molar-refractivity contribution in [1.29, 1.82) is 0 Å². The van der Waals surface area contributed by atoms with E-state index < -0.39 is 23.9 Å². The fourth-order valence-corrected chi connectivity index (χ4v) is 3.65. The zero-order valence-electron chi connectivity index (χ0n) is 16.0. The monoisotopic (exact) mass is 427 g/mol. The number of carbonyl (C=O) groups excluding carboxylic acids is 3. The molecule has 3 amide bonds. The molecule has 9 nitrogen and oxygen atoms in total. The number of fused-ring (bicyclic) bond motifs is 1. The smallest absolute Gasteiger partial charge is 0.263 e. The lowest BCUT2D eigenvalue weighted by Crippen LogP contribution is -2.44. The molecule has 2 aliphatic rings. The molecule has 0 spiro atoms. The van der Waals surface area contributed by atoms with Crippen molar-refractivity contribution < 1.29 is 19.1 Å². The van der Waals surface area contributed by atoms with Gasteiger partial charge >= 0.3 is 0 Å². The summed E-state index contributed by atoms with van der Waals surface area (Å²) in [6, 6.07) is 12.1. The van der Waals surface area contributed by atoms with Crippen LogP contribution in [0.4, 0.5) is 5.69 Å². The van der Waals surface area contributed by atoms with Gasteiger partial charge < -0.3 is 10.1 Å². The molecule has 154 valence electrons. The maximum absolute atomic E-state index is 13.0. The minimum atomic E-state index is -0.986. The number of nitrogens with one attached hydrogen (secondary N) is 1. The number of imide groups is 1. The number of rotatable bonds is 6. The Morgan fingerprint density at radius 3 is 2.63 bits per heavy atom. The molecule has 30 heavy (non-hydrogen) atoms. The molecule has 10 heteroatoms. The van der Waals surface area contributed by atoms with Crippen LogP contribution in [0.25, 0.3) is 0 Å². The lowest BCUT2D eigenvalue weighted by molar-refractivity contribution is -0.125. The predicted molar refractivity (Wildman–Crippen MR) is 108 cm³/mol. The van der Waals surface area contributed by atoms with Crippen LogP contribution < -0.4 is 15.0 Å². The molecule has 1 fully saturated rings. The molecule has 4 rings (SSSR count). The van der Waals surface area contributed by atoms with Gasteiger partial charge in [-0.1, -0.05) is 47.2 Å². The maximum atomic E-state index is 13.0. The third kappa shape index (κ3) is 3.59. The molecule has 2 aromatic rings. The quantitative estimate of drug-likeness (QED) is 0.710. The van der Waals surface area contributed by atoms with Gasteiger partial charge in [0.2, 0.25) is 5.91 Å². The van der Waals surface area contributed by atoms with E-state index in [0.717, 1.165) is 10.5 Å². The summed E-state index contributed by atoms with van der Waals surface area (Å²) in [5, 5.41) is 12.1. The molecule has 2 atom stereocenters. The van der Waals surface area contributed by atoms with E-state index in [0.29, 0.717) is 18.0 Å². The number of methoxy groups -OCH3 is 1. The molecule has 0 saturated carbocycles. The maximum Gasteiger partial charge on any atom is 0.263 e. The van der Waals surface area contributed by atoms with Crippen LogP contribution in [0, 0.1) is 0 Å². The van der Waals surface area contributed by atoms with Gasteiger partial charge in [0.05, 0.1) is 17.8 Å². The van der Waals surface area contributed by atoms with Crippen LogP contribution in [-0.2, 0) is 20.9 Å². The Kier molecular flexibility index (Phi) is 5.37. The van der Waals surface area contributed by atoms with Crippen molar-refractivity contribution in [2.45, 2.75) is 18.6 Å². The van der Waals surface area contributed by atoms with E-state index in [4.69, 9.17) is 16.3 Å². The Morgan fingerprint density at radius 2 is 1.93 bits per heavy atom. The van der Waals surface area contributed by atoms with E-state index in [2.05, 4.69) is 15.7 Å².